The Bertz CT molecular complexity index is 606. The van der Waals surface area contributed by atoms with Crippen molar-refractivity contribution in [1.29, 1.82) is 5.26 Å². The molecule has 0 N–H and O–H groups in total. The summed E-state index contributed by atoms with van der Waals surface area (Å²) in [5.41, 5.74) is 0.423. The lowest BCUT2D eigenvalue weighted by Crippen LogP contribution is -2.50. The van der Waals surface area contributed by atoms with Crippen molar-refractivity contribution in [2.75, 3.05) is 13.2 Å². The molecular weight excluding hydrogens is 322 g/mol. The van der Waals surface area contributed by atoms with E-state index in [0.29, 0.717) is 26.1 Å². The molecule has 1 saturated carbocycles. The number of nitrogens with zero attached hydrogens (tertiary/aromatic N) is 1. The summed E-state index contributed by atoms with van der Waals surface area (Å²) in [6.07, 6.45) is 1.88. The van der Waals surface area contributed by atoms with Crippen LogP contribution >= 0.6 is 15.9 Å². The highest BCUT2D eigenvalue weighted by atomic mass is 79.9. The zero-order valence-electron chi connectivity index (χ0n) is 10.9. The van der Waals surface area contributed by atoms with Gasteiger partial charge in [-0.05, 0) is 24.6 Å². The van der Waals surface area contributed by atoms with Crippen LogP contribution in [0.15, 0.2) is 22.7 Å². The monoisotopic (exact) mass is 335 g/mol. The van der Waals surface area contributed by atoms with E-state index in [-0.39, 0.29) is 6.10 Å². The molecule has 0 amide bonds. The van der Waals surface area contributed by atoms with Crippen LogP contribution in [-0.4, -0.2) is 25.1 Å². The van der Waals surface area contributed by atoms with E-state index < -0.39 is 11.2 Å². The fourth-order valence-electron chi connectivity index (χ4n) is 3.61. The molecule has 104 valence electrons. The SMILES string of the molecule is N#C[C@]12CCC3(C[C@H]1Oc1ccc(Br)cc12)OCCO3. The molecule has 20 heavy (non-hydrogen) atoms. The van der Waals surface area contributed by atoms with Gasteiger partial charge in [0.25, 0.3) is 0 Å². The number of hydrogen-bond acceptors (Lipinski definition) is 4. The van der Waals surface area contributed by atoms with Crippen molar-refractivity contribution in [2.45, 2.75) is 36.6 Å². The number of rotatable bonds is 0. The highest BCUT2D eigenvalue weighted by Gasteiger charge is 2.58. The third kappa shape index (κ3) is 1.59. The minimum absolute atomic E-state index is 0.191. The van der Waals surface area contributed by atoms with Crippen molar-refractivity contribution in [2.24, 2.45) is 0 Å². The summed E-state index contributed by atoms with van der Waals surface area (Å²) >= 11 is 3.48. The third-order valence-electron chi connectivity index (χ3n) is 4.65. The van der Waals surface area contributed by atoms with Gasteiger partial charge in [0.15, 0.2) is 5.79 Å². The lowest BCUT2D eigenvalue weighted by atomic mass is 9.68. The van der Waals surface area contributed by atoms with Crippen LogP contribution in [0.2, 0.25) is 0 Å². The first-order valence-corrected chi connectivity index (χ1v) is 7.63. The van der Waals surface area contributed by atoms with E-state index in [1.54, 1.807) is 0 Å². The summed E-state index contributed by atoms with van der Waals surface area (Å²) in [7, 11) is 0. The number of ether oxygens (including phenoxy) is 3. The molecule has 2 aliphatic heterocycles. The van der Waals surface area contributed by atoms with Gasteiger partial charge in [-0.25, -0.2) is 0 Å². The first kappa shape index (κ1) is 12.6. The molecule has 1 saturated heterocycles. The average Bonchev–Trinajstić information content (AvgIpc) is 3.02. The summed E-state index contributed by atoms with van der Waals surface area (Å²) in [6.45, 7) is 1.26. The number of halogens is 1. The van der Waals surface area contributed by atoms with Gasteiger partial charge in [-0.3, -0.25) is 0 Å². The summed E-state index contributed by atoms with van der Waals surface area (Å²) in [6, 6.07) is 8.39. The van der Waals surface area contributed by atoms with Gasteiger partial charge in [-0.15, -0.1) is 0 Å². The highest BCUT2D eigenvalue weighted by Crippen LogP contribution is 2.54. The molecule has 2 atom stereocenters. The first-order valence-electron chi connectivity index (χ1n) is 6.83. The lowest BCUT2D eigenvalue weighted by molar-refractivity contribution is -0.198. The van der Waals surface area contributed by atoms with E-state index in [1.165, 1.54) is 0 Å². The molecule has 0 radical (unpaired) electrons. The Morgan fingerprint density at radius 2 is 2.05 bits per heavy atom. The summed E-state index contributed by atoms with van der Waals surface area (Å²) in [4.78, 5) is 0. The normalized spacial score (nSPS) is 33.3. The van der Waals surface area contributed by atoms with Gasteiger partial charge in [0, 0.05) is 22.9 Å². The second-order valence-electron chi connectivity index (χ2n) is 5.64. The molecule has 1 aromatic carbocycles. The van der Waals surface area contributed by atoms with E-state index in [9.17, 15) is 5.26 Å². The van der Waals surface area contributed by atoms with E-state index in [1.807, 2.05) is 18.2 Å². The molecule has 0 bridgehead atoms. The van der Waals surface area contributed by atoms with Crippen LogP contribution in [0, 0.1) is 11.3 Å². The summed E-state index contributed by atoms with van der Waals surface area (Å²) < 4.78 is 18.6. The van der Waals surface area contributed by atoms with Crippen LogP contribution < -0.4 is 4.74 Å². The maximum absolute atomic E-state index is 9.79. The smallest absolute Gasteiger partial charge is 0.172 e. The molecule has 2 heterocycles. The standard InChI is InChI=1S/C15H14BrNO3/c16-10-1-2-12-11(7-10)14(9-17)3-4-15(8-13(14)20-12)18-5-6-19-15/h1-2,7,13H,3-6,8H2/t13-,14+/m1/s1. The van der Waals surface area contributed by atoms with Gasteiger partial charge in [-0.1, -0.05) is 15.9 Å². The quantitative estimate of drug-likeness (QED) is 0.731. The fourth-order valence-corrected chi connectivity index (χ4v) is 3.97. The maximum Gasteiger partial charge on any atom is 0.172 e. The second-order valence-corrected chi connectivity index (χ2v) is 6.56. The van der Waals surface area contributed by atoms with Crippen LogP contribution in [0.1, 0.15) is 24.8 Å². The van der Waals surface area contributed by atoms with E-state index >= 15 is 0 Å². The van der Waals surface area contributed by atoms with Gasteiger partial charge in [-0.2, -0.15) is 5.26 Å². The minimum atomic E-state index is -0.570. The van der Waals surface area contributed by atoms with Crippen LogP contribution in [0.25, 0.3) is 0 Å². The molecule has 0 aromatic heterocycles. The Labute approximate surface area is 125 Å². The Hall–Kier alpha value is -1.09. The van der Waals surface area contributed by atoms with Crippen molar-refractivity contribution in [3.8, 4) is 11.8 Å². The fraction of sp³-hybridized carbons (Fsp3) is 0.533. The van der Waals surface area contributed by atoms with Crippen LogP contribution in [-0.2, 0) is 14.9 Å². The highest BCUT2D eigenvalue weighted by molar-refractivity contribution is 9.10. The van der Waals surface area contributed by atoms with Crippen molar-refractivity contribution in [3.63, 3.8) is 0 Å². The zero-order valence-corrected chi connectivity index (χ0v) is 12.5. The Morgan fingerprint density at radius 3 is 2.80 bits per heavy atom. The molecule has 5 heteroatoms. The largest absolute Gasteiger partial charge is 0.488 e. The zero-order chi connectivity index (χ0) is 13.8. The van der Waals surface area contributed by atoms with Crippen molar-refractivity contribution < 1.29 is 14.2 Å². The predicted molar refractivity (Wildman–Crippen MR) is 74.3 cm³/mol. The van der Waals surface area contributed by atoms with E-state index in [4.69, 9.17) is 14.2 Å². The van der Waals surface area contributed by atoms with Crippen LogP contribution in [0.5, 0.6) is 5.75 Å². The first-order chi connectivity index (χ1) is 9.67. The Morgan fingerprint density at radius 1 is 1.25 bits per heavy atom. The molecule has 4 rings (SSSR count). The molecule has 4 nitrogen and oxygen atoms in total. The summed E-state index contributed by atoms with van der Waals surface area (Å²) in [5.74, 6) is 0.277. The number of benzene rings is 1. The van der Waals surface area contributed by atoms with E-state index in [0.717, 1.165) is 22.2 Å². The van der Waals surface area contributed by atoms with Gasteiger partial charge in [0.2, 0.25) is 0 Å². The minimum Gasteiger partial charge on any atom is -0.488 e. The van der Waals surface area contributed by atoms with Crippen LogP contribution in [0.4, 0.5) is 0 Å². The molecule has 0 unspecified atom stereocenters. The topological polar surface area (TPSA) is 51.5 Å². The Balaban J connectivity index is 1.76. The van der Waals surface area contributed by atoms with Crippen molar-refractivity contribution in [3.05, 3.63) is 28.2 Å². The number of fused-ring (bicyclic) bond motifs is 3. The van der Waals surface area contributed by atoms with Crippen molar-refractivity contribution in [1.82, 2.24) is 0 Å². The lowest BCUT2D eigenvalue weighted by Gasteiger charge is -2.41. The molecular formula is C15H14BrNO3. The predicted octanol–water partition coefficient (Wildman–Crippen LogP) is 2.90. The number of hydrogen-bond donors (Lipinski definition) is 0. The third-order valence-corrected chi connectivity index (χ3v) is 5.14. The van der Waals surface area contributed by atoms with Crippen LogP contribution in [0.3, 0.4) is 0 Å². The average molecular weight is 336 g/mol. The molecule has 1 aliphatic carbocycles. The van der Waals surface area contributed by atoms with Gasteiger partial charge >= 0.3 is 0 Å². The van der Waals surface area contributed by atoms with Crippen molar-refractivity contribution >= 4 is 15.9 Å². The number of nitriles is 1. The molecule has 1 aromatic rings. The molecule has 1 spiro atoms. The molecule has 2 fully saturated rings. The Kier molecular flexibility index (Phi) is 2.65. The summed E-state index contributed by atoms with van der Waals surface area (Å²) in [5, 5.41) is 9.79. The van der Waals surface area contributed by atoms with E-state index in [2.05, 4.69) is 22.0 Å². The maximum atomic E-state index is 9.79. The van der Waals surface area contributed by atoms with Gasteiger partial charge < -0.3 is 14.2 Å². The van der Waals surface area contributed by atoms with Gasteiger partial charge in [0.1, 0.15) is 17.3 Å². The molecule has 3 aliphatic rings. The van der Waals surface area contributed by atoms with Gasteiger partial charge in [0.05, 0.1) is 19.3 Å². The second kappa shape index (κ2) is 4.20.